The van der Waals surface area contributed by atoms with Gasteiger partial charge in [-0.25, -0.2) is 0 Å². The number of carboxylic acids is 1. The van der Waals surface area contributed by atoms with Gasteiger partial charge in [-0.3, -0.25) is 9.59 Å². The minimum absolute atomic E-state index is 0.0507. The molecule has 0 radical (unpaired) electrons. The number of nitrogens with one attached hydrogen (secondary N) is 1. The second-order valence-corrected chi connectivity index (χ2v) is 5.15. The average molecular weight is 377 g/mol. The molecule has 0 saturated carbocycles. The molecule has 0 unspecified atom stereocenters. The lowest BCUT2D eigenvalue weighted by Gasteiger charge is -2.06. The van der Waals surface area contributed by atoms with Crippen LogP contribution in [0.15, 0.2) is 24.3 Å². The van der Waals surface area contributed by atoms with E-state index in [2.05, 4.69) is 27.9 Å². The molecule has 19 heavy (non-hydrogen) atoms. The second-order valence-electron chi connectivity index (χ2n) is 3.90. The van der Waals surface area contributed by atoms with Crippen LogP contribution in [-0.4, -0.2) is 30.1 Å². The SMILES string of the molecule is O=C(O)CCNC(=O)CCCOc1ccc(I)cc1. The first kappa shape index (κ1) is 15.7. The maximum absolute atomic E-state index is 11.3. The first-order valence-electron chi connectivity index (χ1n) is 5.95. The van der Waals surface area contributed by atoms with Gasteiger partial charge in [0, 0.05) is 16.5 Å². The van der Waals surface area contributed by atoms with Gasteiger partial charge >= 0.3 is 5.97 Å². The van der Waals surface area contributed by atoms with Crippen molar-refractivity contribution in [2.24, 2.45) is 0 Å². The van der Waals surface area contributed by atoms with Gasteiger partial charge in [-0.15, -0.1) is 0 Å². The highest BCUT2D eigenvalue weighted by Gasteiger charge is 2.02. The van der Waals surface area contributed by atoms with E-state index in [9.17, 15) is 9.59 Å². The molecule has 0 aliphatic rings. The van der Waals surface area contributed by atoms with Gasteiger partial charge in [0.05, 0.1) is 13.0 Å². The smallest absolute Gasteiger partial charge is 0.305 e. The third-order valence-electron chi connectivity index (χ3n) is 2.29. The van der Waals surface area contributed by atoms with Crippen molar-refractivity contribution < 1.29 is 19.4 Å². The minimum atomic E-state index is -0.914. The van der Waals surface area contributed by atoms with Gasteiger partial charge in [-0.05, 0) is 53.3 Å². The van der Waals surface area contributed by atoms with E-state index in [0.29, 0.717) is 19.4 Å². The molecule has 0 fully saturated rings. The van der Waals surface area contributed by atoms with Gasteiger partial charge in [0.15, 0.2) is 0 Å². The molecule has 1 aromatic rings. The molecule has 0 spiro atoms. The zero-order valence-corrected chi connectivity index (χ0v) is 12.6. The van der Waals surface area contributed by atoms with Crippen LogP contribution in [-0.2, 0) is 9.59 Å². The van der Waals surface area contributed by atoms with Crippen molar-refractivity contribution in [3.8, 4) is 5.75 Å². The molecule has 2 N–H and O–H groups in total. The number of ether oxygens (including phenoxy) is 1. The molecular formula is C13H16INO4. The maximum atomic E-state index is 11.3. The molecule has 0 aromatic heterocycles. The Balaban J connectivity index is 2.08. The number of halogens is 1. The van der Waals surface area contributed by atoms with E-state index in [1.165, 1.54) is 0 Å². The number of benzene rings is 1. The fourth-order valence-electron chi connectivity index (χ4n) is 1.35. The van der Waals surface area contributed by atoms with E-state index >= 15 is 0 Å². The number of carbonyl (C=O) groups is 2. The van der Waals surface area contributed by atoms with E-state index < -0.39 is 5.97 Å². The van der Waals surface area contributed by atoms with Crippen LogP contribution in [0.1, 0.15) is 19.3 Å². The largest absolute Gasteiger partial charge is 0.494 e. The summed E-state index contributed by atoms with van der Waals surface area (Å²) in [6.07, 6.45) is 0.889. The molecule has 5 nitrogen and oxygen atoms in total. The molecule has 0 aliphatic carbocycles. The molecule has 0 bridgehead atoms. The summed E-state index contributed by atoms with van der Waals surface area (Å²) in [5.74, 6) is -0.276. The van der Waals surface area contributed by atoms with E-state index in [-0.39, 0.29) is 18.9 Å². The number of hydrogen-bond donors (Lipinski definition) is 2. The number of hydrogen-bond acceptors (Lipinski definition) is 3. The van der Waals surface area contributed by atoms with E-state index in [4.69, 9.17) is 9.84 Å². The summed E-state index contributed by atoms with van der Waals surface area (Å²) in [5, 5.41) is 11.0. The number of aliphatic carboxylic acids is 1. The minimum Gasteiger partial charge on any atom is -0.494 e. The summed E-state index contributed by atoms with van der Waals surface area (Å²) in [7, 11) is 0. The summed E-state index contributed by atoms with van der Waals surface area (Å²) >= 11 is 2.22. The zero-order chi connectivity index (χ0) is 14.1. The van der Waals surface area contributed by atoms with Crippen molar-refractivity contribution in [1.82, 2.24) is 5.32 Å². The Morgan fingerprint density at radius 2 is 1.89 bits per heavy atom. The fourth-order valence-corrected chi connectivity index (χ4v) is 1.71. The third kappa shape index (κ3) is 7.66. The van der Waals surface area contributed by atoms with Crippen molar-refractivity contribution in [3.63, 3.8) is 0 Å². The molecular weight excluding hydrogens is 361 g/mol. The third-order valence-corrected chi connectivity index (χ3v) is 3.01. The van der Waals surface area contributed by atoms with Crippen LogP contribution in [0.3, 0.4) is 0 Å². The number of carboxylic acid groups (broad SMARTS) is 1. The van der Waals surface area contributed by atoms with Crippen LogP contribution in [0.5, 0.6) is 5.75 Å². The van der Waals surface area contributed by atoms with Crippen LogP contribution in [0.4, 0.5) is 0 Å². The van der Waals surface area contributed by atoms with Gasteiger partial charge in [0.1, 0.15) is 5.75 Å². The Kier molecular flexibility index (Phi) is 7.24. The van der Waals surface area contributed by atoms with E-state index in [0.717, 1.165) is 9.32 Å². The quantitative estimate of drug-likeness (QED) is 0.537. The second kappa shape index (κ2) is 8.73. The Hall–Kier alpha value is -1.31. The van der Waals surface area contributed by atoms with Crippen molar-refractivity contribution >= 4 is 34.5 Å². The number of amides is 1. The lowest BCUT2D eigenvalue weighted by atomic mass is 10.3. The lowest BCUT2D eigenvalue weighted by Crippen LogP contribution is -2.26. The van der Waals surface area contributed by atoms with Gasteiger partial charge in [-0.1, -0.05) is 0 Å². The van der Waals surface area contributed by atoms with Gasteiger partial charge in [-0.2, -0.15) is 0 Å². The van der Waals surface area contributed by atoms with Crippen LogP contribution in [0.25, 0.3) is 0 Å². The topological polar surface area (TPSA) is 75.6 Å². The summed E-state index contributed by atoms with van der Waals surface area (Å²) in [6.45, 7) is 0.638. The molecule has 104 valence electrons. The zero-order valence-electron chi connectivity index (χ0n) is 10.4. The Morgan fingerprint density at radius 1 is 1.21 bits per heavy atom. The van der Waals surface area contributed by atoms with Crippen molar-refractivity contribution in [1.29, 1.82) is 0 Å². The highest BCUT2D eigenvalue weighted by Crippen LogP contribution is 2.13. The van der Waals surface area contributed by atoms with Gasteiger partial charge in [0.2, 0.25) is 5.91 Å². The number of carbonyl (C=O) groups excluding carboxylic acids is 1. The first-order valence-corrected chi connectivity index (χ1v) is 7.02. The predicted molar refractivity (Wildman–Crippen MR) is 79.2 cm³/mol. The molecule has 1 amide bonds. The van der Waals surface area contributed by atoms with Crippen LogP contribution in [0, 0.1) is 3.57 Å². The predicted octanol–water partition coefficient (Wildman–Crippen LogP) is 2.04. The van der Waals surface area contributed by atoms with E-state index in [1.807, 2.05) is 24.3 Å². The van der Waals surface area contributed by atoms with Gasteiger partial charge < -0.3 is 15.2 Å². The summed E-state index contributed by atoms with van der Waals surface area (Å²) < 4.78 is 6.62. The Morgan fingerprint density at radius 3 is 2.53 bits per heavy atom. The van der Waals surface area contributed by atoms with Crippen molar-refractivity contribution in [2.45, 2.75) is 19.3 Å². The molecule has 1 rings (SSSR count). The molecule has 0 heterocycles. The Labute approximate surface area is 125 Å². The van der Waals surface area contributed by atoms with Crippen LogP contribution in [0.2, 0.25) is 0 Å². The van der Waals surface area contributed by atoms with Crippen LogP contribution < -0.4 is 10.1 Å². The Bertz CT molecular complexity index is 419. The van der Waals surface area contributed by atoms with Crippen molar-refractivity contribution in [3.05, 3.63) is 27.8 Å². The van der Waals surface area contributed by atoms with E-state index in [1.54, 1.807) is 0 Å². The molecule has 1 aromatic carbocycles. The first-order chi connectivity index (χ1) is 9.08. The molecule has 6 heteroatoms. The van der Waals surface area contributed by atoms with Gasteiger partial charge in [0.25, 0.3) is 0 Å². The molecule has 0 saturated heterocycles. The lowest BCUT2D eigenvalue weighted by molar-refractivity contribution is -0.136. The number of rotatable bonds is 8. The van der Waals surface area contributed by atoms with Crippen LogP contribution >= 0.6 is 22.6 Å². The van der Waals surface area contributed by atoms with Crippen molar-refractivity contribution in [2.75, 3.05) is 13.2 Å². The summed E-state index contributed by atoms with van der Waals surface area (Å²) in [5.41, 5.74) is 0. The fraction of sp³-hybridized carbons (Fsp3) is 0.385. The highest BCUT2D eigenvalue weighted by molar-refractivity contribution is 14.1. The molecule has 0 atom stereocenters. The monoisotopic (exact) mass is 377 g/mol. The molecule has 0 aliphatic heterocycles. The summed E-state index contributed by atoms with van der Waals surface area (Å²) in [4.78, 5) is 21.6. The normalized spacial score (nSPS) is 9.95. The maximum Gasteiger partial charge on any atom is 0.305 e. The standard InChI is InChI=1S/C13H16INO4/c14-10-3-5-11(6-4-10)19-9-1-2-12(16)15-8-7-13(17)18/h3-6H,1-2,7-9H2,(H,15,16)(H,17,18). The average Bonchev–Trinajstić information content (AvgIpc) is 2.36. The highest BCUT2D eigenvalue weighted by atomic mass is 127. The summed E-state index contributed by atoms with van der Waals surface area (Å²) in [6, 6.07) is 7.67.